The van der Waals surface area contributed by atoms with Gasteiger partial charge in [0.25, 0.3) is 0 Å². The van der Waals surface area contributed by atoms with Crippen molar-refractivity contribution in [3.05, 3.63) is 10.4 Å². The minimum absolute atomic E-state index is 0.149. The molecule has 0 aromatic carbocycles. The van der Waals surface area contributed by atoms with E-state index in [9.17, 15) is 4.79 Å². The Morgan fingerprint density at radius 3 is 2.91 bits per heavy atom. The number of carbonyl (C=O) groups excluding carboxylic acids is 1. The molecule has 2 aromatic heterocycles. The summed E-state index contributed by atoms with van der Waals surface area (Å²) in [5.41, 5.74) is 7.24. The van der Waals surface area contributed by atoms with Crippen LogP contribution >= 0.6 is 34.9 Å². The van der Waals surface area contributed by atoms with E-state index in [4.69, 9.17) is 10.5 Å². The third-order valence-electron chi connectivity index (χ3n) is 3.39. The van der Waals surface area contributed by atoms with Gasteiger partial charge in [0.1, 0.15) is 5.03 Å². The summed E-state index contributed by atoms with van der Waals surface area (Å²) in [6, 6.07) is 0. The molecule has 118 valence electrons. The number of nitrogens with zero attached hydrogens (tertiary/aromatic N) is 2. The molecule has 3 heterocycles. The number of fused-ring (bicyclic) bond motifs is 3. The van der Waals surface area contributed by atoms with E-state index in [1.54, 1.807) is 11.3 Å². The molecule has 1 aliphatic heterocycles. The lowest BCUT2D eigenvalue weighted by molar-refractivity contribution is -0.115. The van der Waals surface area contributed by atoms with Gasteiger partial charge >= 0.3 is 0 Å². The van der Waals surface area contributed by atoms with E-state index in [2.05, 4.69) is 23.8 Å². The van der Waals surface area contributed by atoms with E-state index < -0.39 is 0 Å². The zero-order chi connectivity index (χ0) is 15.9. The van der Waals surface area contributed by atoms with Gasteiger partial charge in [-0.3, -0.25) is 4.79 Å². The van der Waals surface area contributed by atoms with E-state index in [1.165, 1.54) is 28.4 Å². The zero-order valence-electron chi connectivity index (χ0n) is 12.6. The van der Waals surface area contributed by atoms with Gasteiger partial charge in [0.05, 0.1) is 28.2 Å². The number of thiophene rings is 1. The molecule has 0 unspecified atom stereocenters. The number of aromatic nitrogens is 2. The Balaban J connectivity index is 2.11. The summed E-state index contributed by atoms with van der Waals surface area (Å²) in [5, 5.41) is 1.55. The molecular formula is C14H17N3O2S3. The molecule has 2 aromatic rings. The molecule has 0 saturated heterocycles. The minimum atomic E-state index is -0.340. The molecule has 0 bridgehead atoms. The monoisotopic (exact) mass is 355 g/mol. The van der Waals surface area contributed by atoms with Crippen LogP contribution in [-0.4, -0.2) is 33.5 Å². The van der Waals surface area contributed by atoms with Gasteiger partial charge in [0.15, 0.2) is 5.16 Å². The fourth-order valence-electron chi connectivity index (χ4n) is 2.35. The molecule has 0 atom stereocenters. The van der Waals surface area contributed by atoms with Crippen LogP contribution in [0, 0.1) is 0 Å². The highest BCUT2D eigenvalue weighted by atomic mass is 32.2. The fraction of sp³-hybridized carbons (Fsp3) is 0.500. The van der Waals surface area contributed by atoms with Crippen molar-refractivity contribution in [3.8, 4) is 0 Å². The van der Waals surface area contributed by atoms with Crippen molar-refractivity contribution in [1.82, 2.24) is 9.97 Å². The van der Waals surface area contributed by atoms with Crippen molar-refractivity contribution in [3.63, 3.8) is 0 Å². The fourth-order valence-corrected chi connectivity index (χ4v) is 5.08. The van der Waals surface area contributed by atoms with Crippen LogP contribution in [0.1, 0.15) is 24.3 Å². The average molecular weight is 356 g/mol. The standard InChI is InChI=1S/C14H17N3O2S3/c1-14(2)4-8-7(5-19-14)10-11(22-8)12(21-6-9(15)18)17-13(16-10)20-3/h4-6H2,1-3H3,(H2,15,18). The molecule has 1 amide bonds. The quantitative estimate of drug-likeness (QED) is 0.516. The third-order valence-corrected chi connectivity index (χ3v) is 6.29. The van der Waals surface area contributed by atoms with Gasteiger partial charge in [0.2, 0.25) is 5.91 Å². The lowest BCUT2D eigenvalue weighted by Crippen LogP contribution is -2.30. The summed E-state index contributed by atoms with van der Waals surface area (Å²) in [4.78, 5) is 21.6. The van der Waals surface area contributed by atoms with Crippen molar-refractivity contribution < 1.29 is 9.53 Å². The molecule has 0 radical (unpaired) electrons. The Labute approximate surface area is 141 Å². The van der Waals surface area contributed by atoms with Crippen LogP contribution in [0.15, 0.2) is 10.2 Å². The summed E-state index contributed by atoms with van der Waals surface area (Å²) < 4.78 is 6.97. The van der Waals surface area contributed by atoms with Gasteiger partial charge in [0, 0.05) is 16.9 Å². The Kier molecular flexibility index (Phi) is 4.37. The van der Waals surface area contributed by atoms with E-state index in [0.29, 0.717) is 11.8 Å². The molecule has 0 saturated carbocycles. The number of carbonyl (C=O) groups is 1. The van der Waals surface area contributed by atoms with Gasteiger partial charge in [-0.2, -0.15) is 0 Å². The number of thioether (sulfide) groups is 2. The number of rotatable bonds is 4. The first-order chi connectivity index (χ1) is 10.4. The van der Waals surface area contributed by atoms with Gasteiger partial charge in [-0.05, 0) is 20.1 Å². The van der Waals surface area contributed by atoms with Crippen molar-refractivity contribution in [2.45, 2.75) is 42.7 Å². The minimum Gasteiger partial charge on any atom is -0.370 e. The average Bonchev–Trinajstić information content (AvgIpc) is 2.80. The first kappa shape index (κ1) is 16.0. The number of hydrogen-bond acceptors (Lipinski definition) is 7. The second-order valence-electron chi connectivity index (χ2n) is 5.68. The molecule has 8 heteroatoms. The predicted octanol–water partition coefficient (Wildman–Crippen LogP) is 2.84. The highest BCUT2D eigenvalue weighted by Gasteiger charge is 2.30. The molecule has 1 aliphatic rings. The van der Waals surface area contributed by atoms with Crippen LogP contribution in [0.5, 0.6) is 0 Å². The summed E-state index contributed by atoms with van der Waals surface area (Å²) in [6.45, 7) is 4.78. The van der Waals surface area contributed by atoms with Crippen LogP contribution in [0.4, 0.5) is 0 Å². The van der Waals surface area contributed by atoms with Crippen molar-refractivity contribution in [1.29, 1.82) is 0 Å². The summed E-state index contributed by atoms with van der Waals surface area (Å²) in [5.74, 6) is -0.113. The Morgan fingerprint density at radius 2 is 2.23 bits per heavy atom. The van der Waals surface area contributed by atoms with Gasteiger partial charge in [-0.15, -0.1) is 11.3 Å². The normalized spacial score (nSPS) is 16.7. The maximum absolute atomic E-state index is 11.1. The smallest absolute Gasteiger partial charge is 0.227 e. The molecule has 0 aliphatic carbocycles. The van der Waals surface area contributed by atoms with E-state index in [0.717, 1.165) is 27.2 Å². The first-order valence-electron chi connectivity index (χ1n) is 6.81. The van der Waals surface area contributed by atoms with Crippen molar-refractivity contribution >= 4 is 51.0 Å². The van der Waals surface area contributed by atoms with Crippen LogP contribution < -0.4 is 5.73 Å². The largest absolute Gasteiger partial charge is 0.370 e. The maximum Gasteiger partial charge on any atom is 0.227 e. The number of nitrogens with two attached hydrogens (primary N) is 1. The SMILES string of the molecule is CSc1nc(SCC(N)=O)c2sc3c(c2n1)COC(C)(C)C3. The molecule has 0 fully saturated rings. The van der Waals surface area contributed by atoms with E-state index >= 15 is 0 Å². The molecule has 2 N–H and O–H groups in total. The molecule has 0 spiro atoms. The molecule has 3 rings (SSSR count). The second-order valence-corrected chi connectivity index (χ2v) is 8.52. The zero-order valence-corrected chi connectivity index (χ0v) is 15.1. The van der Waals surface area contributed by atoms with Crippen LogP contribution in [0.3, 0.4) is 0 Å². The lowest BCUT2D eigenvalue weighted by atomic mass is 9.98. The van der Waals surface area contributed by atoms with E-state index in [-0.39, 0.29) is 17.3 Å². The van der Waals surface area contributed by atoms with Crippen LogP contribution in [-0.2, 0) is 22.6 Å². The summed E-state index contributed by atoms with van der Waals surface area (Å²) in [6.07, 6.45) is 2.82. The molecule has 22 heavy (non-hydrogen) atoms. The van der Waals surface area contributed by atoms with Crippen LogP contribution in [0.25, 0.3) is 10.2 Å². The second kappa shape index (κ2) is 5.99. The highest BCUT2D eigenvalue weighted by molar-refractivity contribution is 8.00. The Bertz CT molecular complexity index is 742. The Hall–Kier alpha value is -0.830. The van der Waals surface area contributed by atoms with Gasteiger partial charge < -0.3 is 10.5 Å². The predicted molar refractivity (Wildman–Crippen MR) is 91.7 cm³/mol. The number of amides is 1. The number of hydrogen-bond donors (Lipinski definition) is 1. The number of primary amides is 1. The topological polar surface area (TPSA) is 78.1 Å². The molecular weight excluding hydrogens is 338 g/mol. The van der Waals surface area contributed by atoms with Crippen molar-refractivity contribution in [2.24, 2.45) is 5.73 Å². The summed E-state index contributed by atoms with van der Waals surface area (Å²) in [7, 11) is 0. The highest BCUT2D eigenvalue weighted by Crippen LogP contribution is 2.41. The Morgan fingerprint density at radius 1 is 1.45 bits per heavy atom. The maximum atomic E-state index is 11.1. The third kappa shape index (κ3) is 3.10. The van der Waals surface area contributed by atoms with Crippen LogP contribution in [0.2, 0.25) is 0 Å². The first-order valence-corrected chi connectivity index (χ1v) is 9.83. The summed E-state index contributed by atoms with van der Waals surface area (Å²) >= 11 is 4.59. The molecule has 5 nitrogen and oxygen atoms in total. The van der Waals surface area contributed by atoms with E-state index in [1.807, 2.05) is 6.26 Å². The van der Waals surface area contributed by atoms with Crippen molar-refractivity contribution in [2.75, 3.05) is 12.0 Å². The lowest BCUT2D eigenvalue weighted by Gasteiger charge is -2.29. The van der Waals surface area contributed by atoms with Gasteiger partial charge in [-0.25, -0.2) is 9.97 Å². The number of ether oxygens (including phenoxy) is 1. The van der Waals surface area contributed by atoms with Gasteiger partial charge in [-0.1, -0.05) is 23.5 Å².